The smallest absolute Gasteiger partial charge is 0.306 e. The van der Waals surface area contributed by atoms with Crippen molar-refractivity contribution >= 4 is 39.9 Å². The molecule has 36 heavy (non-hydrogen) atoms. The van der Waals surface area contributed by atoms with Crippen molar-refractivity contribution in [2.75, 3.05) is 18.7 Å². The van der Waals surface area contributed by atoms with Crippen molar-refractivity contribution in [3.8, 4) is 11.5 Å². The van der Waals surface area contributed by atoms with Crippen LogP contribution in [-0.2, 0) is 20.7 Å². The lowest BCUT2D eigenvalue weighted by Gasteiger charge is -2.12. The minimum Gasteiger partial charge on any atom is -0.456 e. The van der Waals surface area contributed by atoms with E-state index >= 15 is 0 Å². The molecule has 0 fully saturated rings. The van der Waals surface area contributed by atoms with Crippen LogP contribution in [0.4, 0.5) is 5.69 Å². The number of benzene rings is 2. The lowest BCUT2D eigenvalue weighted by Crippen LogP contribution is -2.22. The van der Waals surface area contributed by atoms with Gasteiger partial charge in [-0.05, 0) is 51.0 Å². The van der Waals surface area contributed by atoms with Crippen molar-refractivity contribution in [2.45, 2.75) is 33.6 Å². The summed E-state index contributed by atoms with van der Waals surface area (Å²) in [6.07, 6.45) is 0.472. The number of ether oxygens (including phenoxy) is 3. The summed E-state index contributed by atoms with van der Waals surface area (Å²) in [6, 6.07) is 10.8. The predicted molar refractivity (Wildman–Crippen MR) is 130 cm³/mol. The SMILES string of the molecule is CC(=O)c1cc2c(cc1NC(=O)COC(=O)CCc1c(C)nc3c4ccccc4nn3c1C)OCO2. The molecule has 0 saturated heterocycles. The molecule has 0 atom stereocenters. The summed E-state index contributed by atoms with van der Waals surface area (Å²) in [7, 11) is 0. The Balaban J connectivity index is 1.22. The summed E-state index contributed by atoms with van der Waals surface area (Å²) in [5, 5.41) is 8.20. The molecule has 3 heterocycles. The summed E-state index contributed by atoms with van der Waals surface area (Å²) < 4.78 is 17.6. The van der Waals surface area contributed by atoms with Gasteiger partial charge in [-0.15, -0.1) is 0 Å². The molecule has 2 aromatic heterocycles. The third kappa shape index (κ3) is 4.33. The molecule has 10 heteroatoms. The van der Waals surface area contributed by atoms with Crippen LogP contribution in [-0.4, -0.2) is 45.7 Å². The molecule has 0 bridgehead atoms. The molecule has 1 N–H and O–H groups in total. The summed E-state index contributed by atoms with van der Waals surface area (Å²) in [6.45, 7) is 4.79. The average molecular weight is 489 g/mol. The number of amides is 1. The molecule has 10 nitrogen and oxygen atoms in total. The monoisotopic (exact) mass is 488 g/mol. The van der Waals surface area contributed by atoms with Crippen molar-refractivity contribution in [1.82, 2.24) is 14.6 Å². The van der Waals surface area contributed by atoms with Crippen LogP contribution in [0.1, 0.15) is 40.7 Å². The molecule has 2 aromatic carbocycles. The van der Waals surface area contributed by atoms with Crippen LogP contribution in [0.25, 0.3) is 16.6 Å². The molecule has 184 valence electrons. The highest BCUT2D eigenvalue weighted by Crippen LogP contribution is 2.37. The van der Waals surface area contributed by atoms with E-state index < -0.39 is 18.5 Å². The Morgan fingerprint density at radius 1 is 1.11 bits per heavy atom. The normalized spacial score (nSPS) is 12.2. The first-order valence-electron chi connectivity index (χ1n) is 11.5. The van der Waals surface area contributed by atoms with E-state index in [9.17, 15) is 14.4 Å². The number of carbonyl (C=O) groups is 3. The van der Waals surface area contributed by atoms with Gasteiger partial charge in [0.1, 0.15) is 0 Å². The molecule has 1 aliphatic rings. The van der Waals surface area contributed by atoms with E-state index in [1.807, 2.05) is 38.1 Å². The number of Topliss-reactive ketones (excluding diaryl/α,β-unsaturated/α-hetero) is 1. The highest BCUT2D eigenvalue weighted by atomic mass is 16.7. The molecular weight excluding hydrogens is 464 g/mol. The van der Waals surface area contributed by atoms with Crippen LogP contribution in [0.15, 0.2) is 36.4 Å². The van der Waals surface area contributed by atoms with E-state index in [2.05, 4.69) is 10.4 Å². The number of ketones is 1. The Morgan fingerprint density at radius 2 is 1.86 bits per heavy atom. The number of nitrogens with one attached hydrogen (secondary N) is 1. The van der Waals surface area contributed by atoms with E-state index in [1.54, 1.807) is 4.52 Å². The third-order valence-electron chi connectivity index (χ3n) is 6.13. The fraction of sp³-hybridized carbons (Fsp3) is 0.269. The number of carbonyl (C=O) groups excluding carboxylic acids is 3. The largest absolute Gasteiger partial charge is 0.456 e. The molecule has 0 saturated carbocycles. The molecular formula is C26H24N4O6. The fourth-order valence-electron chi connectivity index (χ4n) is 4.31. The van der Waals surface area contributed by atoms with Crippen molar-refractivity contribution in [2.24, 2.45) is 0 Å². The Morgan fingerprint density at radius 3 is 2.64 bits per heavy atom. The van der Waals surface area contributed by atoms with Gasteiger partial charge in [-0.1, -0.05) is 12.1 Å². The number of nitrogens with zero attached hydrogens (tertiary/aromatic N) is 3. The summed E-state index contributed by atoms with van der Waals surface area (Å²) in [4.78, 5) is 41.5. The van der Waals surface area contributed by atoms with Gasteiger partial charge in [0, 0.05) is 34.8 Å². The lowest BCUT2D eigenvalue weighted by molar-refractivity contribution is -0.147. The van der Waals surface area contributed by atoms with E-state index in [0.29, 0.717) is 17.9 Å². The molecule has 0 aliphatic carbocycles. The average Bonchev–Trinajstić information content (AvgIpc) is 3.46. The van der Waals surface area contributed by atoms with Gasteiger partial charge in [-0.2, -0.15) is 5.10 Å². The zero-order valence-corrected chi connectivity index (χ0v) is 20.1. The highest BCUT2D eigenvalue weighted by molar-refractivity contribution is 6.05. The number of rotatable bonds is 7. The van der Waals surface area contributed by atoms with Gasteiger partial charge in [-0.3, -0.25) is 14.4 Å². The van der Waals surface area contributed by atoms with E-state index in [4.69, 9.17) is 19.2 Å². The number of hydrogen-bond donors (Lipinski definition) is 1. The second-order valence-electron chi connectivity index (χ2n) is 8.53. The minimum absolute atomic E-state index is 0.0416. The van der Waals surface area contributed by atoms with E-state index in [1.165, 1.54) is 19.1 Å². The van der Waals surface area contributed by atoms with Crippen LogP contribution < -0.4 is 14.8 Å². The van der Waals surface area contributed by atoms with Gasteiger partial charge in [0.05, 0.1) is 11.2 Å². The van der Waals surface area contributed by atoms with Crippen molar-refractivity contribution in [3.63, 3.8) is 0 Å². The van der Waals surface area contributed by atoms with Gasteiger partial charge in [0.2, 0.25) is 6.79 Å². The first kappa shape index (κ1) is 23.3. The van der Waals surface area contributed by atoms with E-state index in [-0.39, 0.29) is 30.2 Å². The van der Waals surface area contributed by atoms with Gasteiger partial charge in [0.25, 0.3) is 5.91 Å². The molecule has 0 spiro atoms. The first-order valence-corrected chi connectivity index (χ1v) is 11.5. The Hall–Kier alpha value is -4.47. The number of aryl methyl sites for hydroxylation is 2. The van der Waals surface area contributed by atoms with Crippen molar-refractivity contribution < 1.29 is 28.6 Å². The van der Waals surface area contributed by atoms with Crippen LogP contribution >= 0.6 is 0 Å². The summed E-state index contributed by atoms with van der Waals surface area (Å²) in [5.41, 5.74) is 4.80. The maximum Gasteiger partial charge on any atom is 0.306 e. The standard InChI is InChI=1S/C26H24N4O6/c1-14-17(15(2)30-26(27-14)18-6-4-5-7-20(18)29-30)8-9-25(33)34-12-24(32)28-21-11-23-22(35-13-36-23)10-19(21)16(3)31/h4-7,10-11H,8-9,12-13H2,1-3H3,(H,28,32). The van der Waals surface area contributed by atoms with Crippen LogP contribution in [0.3, 0.4) is 0 Å². The summed E-state index contributed by atoms with van der Waals surface area (Å²) >= 11 is 0. The van der Waals surface area contributed by atoms with E-state index in [0.717, 1.165) is 33.5 Å². The van der Waals surface area contributed by atoms with Gasteiger partial charge in [0.15, 0.2) is 29.5 Å². The maximum absolute atomic E-state index is 12.4. The quantitative estimate of drug-likeness (QED) is 0.310. The fourth-order valence-corrected chi connectivity index (χ4v) is 4.31. The third-order valence-corrected chi connectivity index (χ3v) is 6.13. The maximum atomic E-state index is 12.4. The number of hydrogen-bond acceptors (Lipinski definition) is 8. The molecule has 0 unspecified atom stereocenters. The van der Waals surface area contributed by atoms with Gasteiger partial charge in [-0.25, -0.2) is 9.50 Å². The molecule has 4 aromatic rings. The van der Waals surface area contributed by atoms with Gasteiger partial charge < -0.3 is 19.5 Å². The number of aromatic nitrogens is 3. The molecule has 0 radical (unpaired) electrons. The summed E-state index contributed by atoms with van der Waals surface area (Å²) in [5.74, 6) is -0.475. The minimum atomic E-state index is -0.566. The Labute approximate surface area is 206 Å². The second kappa shape index (κ2) is 9.29. The number of esters is 1. The van der Waals surface area contributed by atoms with Crippen LogP contribution in [0.2, 0.25) is 0 Å². The van der Waals surface area contributed by atoms with Crippen LogP contribution in [0, 0.1) is 13.8 Å². The first-order chi connectivity index (χ1) is 17.3. The Bertz CT molecular complexity index is 1540. The highest BCUT2D eigenvalue weighted by Gasteiger charge is 2.21. The zero-order valence-electron chi connectivity index (χ0n) is 20.1. The number of fused-ring (bicyclic) bond motifs is 4. The van der Waals surface area contributed by atoms with Crippen LogP contribution in [0.5, 0.6) is 11.5 Å². The van der Waals surface area contributed by atoms with Crippen molar-refractivity contribution in [3.05, 3.63) is 58.9 Å². The predicted octanol–water partition coefficient (Wildman–Crippen LogP) is 3.55. The number of anilines is 1. The van der Waals surface area contributed by atoms with Gasteiger partial charge >= 0.3 is 5.97 Å². The molecule has 1 aliphatic heterocycles. The molecule has 5 rings (SSSR count). The second-order valence-corrected chi connectivity index (χ2v) is 8.53. The Kier molecular flexibility index (Phi) is 6.01. The van der Waals surface area contributed by atoms with Crippen molar-refractivity contribution in [1.29, 1.82) is 0 Å². The lowest BCUT2D eigenvalue weighted by atomic mass is 10.1. The zero-order chi connectivity index (χ0) is 25.4. The topological polar surface area (TPSA) is 121 Å². The molecule has 1 amide bonds.